The molecule has 0 radical (unpaired) electrons. The standard InChI is InChI=1S/C19H22N2O3/c1-23-17-9-5-8-15(12-17)20-19(22)21-16-10-11-24-18(13-16)14-6-3-2-4-7-14/h2-9,12,16,18H,10-11,13H2,1H3,(H2,20,21,22)/t16-,18-/m1/s1. The smallest absolute Gasteiger partial charge is 0.319 e. The van der Waals surface area contributed by atoms with Crippen LogP contribution in [-0.4, -0.2) is 25.8 Å². The first-order valence-corrected chi connectivity index (χ1v) is 8.13. The lowest BCUT2D eigenvalue weighted by atomic mass is 9.97. The molecule has 24 heavy (non-hydrogen) atoms. The quantitative estimate of drug-likeness (QED) is 0.900. The number of hydrogen-bond acceptors (Lipinski definition) is 3. The third-order valence-electron chi connectivity index (χ3n) is 4.12. The first-order chi connectivity index (χ1) is 11.7. The van der Waals surface area contributed by atoms with Gasteiger partial charge in [0.05, 0.1) is 13.2 Å². The number of rotatable bonds is 4. The summed E-state index contributed by atoms with van der Waals surface area (Å²) in [5, 5.41) is 5.88. The van der Waals surface area contributed by atoms with Crippen LogP contribution in [0.25, 0.3) is 0 Å². The van der Waals surface area contributed by atoms with Crippen molar-refractivity contribution in [3.63, 3.8) is 0 Å². The fourth-order valence-electron chi connectivity index (χ4n) is 2.88. The Morgan fingerprint density at radius 3 is 2.79 bits per heavy atom. The molecule has 2 N–H and O–H groups in total. The van der Waals surface area contributed by atoms with Crippen LogP contribution < -0.4 is 15.4 Å². The van der Waals surface area contributed by atoms with E-state index >= 15 is 0 Å². The van der Waals surface area contributed by atoms with Crippen molar-refractivity contribution in [3.8, 4) is 5.75 Å². The lowest BCUT2D eigenvalue weighted by molar-refractivity contribution is 0.00254. The SMILES string of the molecule is COc1cccc(NC(=O)N[C@@H]2CCO[C@@H](c3ccccc3)C2)c1. The Balaban J connectivity index is 1.56. The van der Waals surface area contributed by atoms with Crippen LogP contribution in [0.4, 0.5) is 10.5 Å². The molecular formula is C19H22N2O3. The second-order valence-electron chi connectivity index (χ2n) is 5.82. The Morgan fingerprint density at radius 2 is 2.00 bits per heavy atom. The molecule has 0 aliphatic carbocycles. The van der Waals surface area contributed by atoms with Crippen LogP contribution in [0.15, 0.2) is 54.6 Å². The number of methoxy groups -OCH3 is 1. The van der Waals surface area contributed by atoms with Crippen LogP contribution in [0.2, 0.25) is 0 Å². The van der Waals surface area contributed by atoms with E-state index in [0.717, 1.165) is 18.4 Å². The first-order valence-electron chi connectivity index (χ1n) is 8.13. The Kier molecular flexibility index (Phi) is 5.33. The summed E-state index contributed by atoms with van der Waals surface area (Å²) in [6.45, 7) is 0.643. The largest absolute Gasteiger partial charge is 0.497 e. The number of ether oxygens (including phenoxy) is 2. The predicted octanol–water partition coefficient (Wildman–Crippen LogP) is 3.74. The van der Waals surface area contributed by atoms with Crippen molar-refractivity contribution in [2.24, 2.45) is 0 Å². The normalized spacial score (nSPS) is 20.2. The molecule has 0 aromatic heterocycles. The molecule has 126 valence electrons. The summed E-state index contributed by atoms with van der Waals surface area (Å²) >= 11 is 0. The summed E-state index contributed by atoms with van der Waals surface area (Å²) in [6, 6.07) is 17.3. The van der Waals surface area contributed by atoms with Crippen molar-refractivity contribution in [1.29, 1.82) is 0 Å². The fourth-order valence-corrected chi connectivity index (χ4v) is 2.88. The summed E-state index contributed by atoms with van der Waals surface area (Å²) in [4.78, 5) is 12.2. The number of urea groups is 1. The van der Waals surface area contributed by atoms with Crippen LogP contribution in [0.1, 0.15) is 24.5 Å². The second kappa shape index (κ2) is 7.84. The molecule has 5 heteroatoms. The van der Waals surface area contributed by atoms with Gasteiger partial charge in [0.25, 0.3) is 0 Å². The van der Waals surface area contributed by atoms with E-state index in [0.29, 0.717) is 18.0 Å². The molecule has 1 saturated heterocycles. The van der Waals surface area contributed by atoms with Crippen molar-refractivity contribution >= 4 is 11.7 Å². The van der Waals surface area contributed by atoms with Crippen LogP contribution in [0.3, 0.4) is 0 Å². The van der Waals surface area contributed by atoms with Crippen LogP contribution in [-0.2, 0) is 4.74 Å². The molecule has 2 aromatic carbocycles. The molecule has 0 spiro atoms. The summed E-state index contributed by atoms with van der Waals surface area (Å²) < 4.78 is 11.0. The number of benzene rings is 2. The van der Waals surface area contributed by atoms with Crippen molar-refractivity contribution in [1.82, 2.24) is 5.32 Å². The fraction of sp³-hybridized carbons (Fsp3) is 0.316. The highest BCUT2D eigenvalue weighted by atomic mass is 16.5. The number of carbonyl (C=O) groups is 1. The zero-order valence-corrected chi connectivity index (χ0v) is 13.7. The van der Waals surface area contributed by atoms with E-state index in [4.69, 9.17) is 9.47 Å². The minimum Gasteiger partial charge on any atom is -0.497 e. The molecule has 0 saturated carbocycles. The van der Waals surface area contributed by atoms with Gasteiger partial charge in [-0.05, 0) is 30.5 Å². The second-order valence-corrected chi connectivity index (χ2v) is 5.82. The number of hydrogen-bond donors (Lipinski definition) is 2. The molecule has 2 amide bonds. The molecule has 1 heterocycles. The van der Waals surface area contributed by atoms with Gasteiger partial charge in [0.1, 0.15) is 5.75 Å². The third-order valence-corrected chi connectivity index (χ3v) is 4.12. The van der Waals surface area contributed by atoms with Gasteiger partial charge in [-0.15, -0.1) is 0 Å². The third kappa shape index (κ3) is 4.26. The maximum absolute atomic E-state index is 12.2. The van der Waals surface area contributed by atoms with E-state index in [-0.39, 0.29) is 18.2 Å². The average molecular weight is 326 g/mol. The van der Waals surface area contributed by atoms with Gasteiger partial charge in [-0.25, -0.2) is 4.79 Å². The van der Waals surface area contributed by atoms with Gasteiger partial charge in [-0.1, -0.05) is 36.4 Å². The molecular weight excluding hydrogens is 304 g/mol. The number of carbonyl (C=O) groups excluding carboxylic acids is 1. The maximum Gasteiger partial charge on any atom is 0.319 e. The minimum atomic E-state index is -0.207. The highest BCUT2D eigenvalue weighted by Crippen LogP contribution is 2.28. The number of nitrogens with one attached hydrogen (secondary N) is 2. The van der Waals surface area contributed by atoms with E-state index in [2.05, 4.69) is 22.8 Å². The summed E-state index contributed by atoms with van der Waals surface area (Å²) in [7, 11) is 1.60. The van der Waals surface area contributed by atoms with Crippen LogP contribution in [0, 0.1) is 0 Å². The van der Waals surface area contributed by atoms with Gasteiger partial charge < -0.3 is 20.1 Å². The van der Waals surface area contributed by atoms with E-state index in [1.807, 2.05) is 36.4 Å². The summed E-state index contributed by atoms with van der Waals surface area (Å²) in [5.41, 5.74) is 1.86. The number of amides is 2. The lowest BCUT2D eigenvalue weighted by Crippen LogP contribution is -2.42. The van der Waals surface area contributed by atoms with Crippen molar-refractivity contribution < 1.29 is 14.3 Å². The molecule has 1 aliphatic heterocycles. The van der Waals surface area contributed by atoms with Crippen LogP contribution in [0.5, 0.6) is 5.75 Å². The predicted molar refractivity (Wildman–Crippen MR) is 93.3 cm³/mol. The molecule has 0 unspecified atom stereocenters. The van der Waals surface area contributed by atoms with E-state index in [9.17, 15) is 4.79 Å². The molecule has 0 bridgehead atoms. The van der Waals surface area contributed by atoms with Gasteiger partial charge >= 0.3 is 6.03 Å². The van der Waals surface area contributed by atoms with Gasteiger partial charge in [-0.3, -0.25) is 0 Å². The highest BCUT2D eigenvalue weighted by molar-refractivity contribution is 5.89. The topological polar surface area (TPSA) is 59.6 Å². The zero-order valence-electron chi connectivity index (χ0n) is 13.7. The molecule has 1 fully saturated rings. The minimum absolute atomic E-state index is 0.0297. The molecule has 1 aliphatic rings. The van der Waals surface area contributed by atoms with Crippen molar-refractivity contribution in [2.75, 3.05) is 19.0 Å². The Hall–Kier alpha value is -2.53. The van der Waals surface area contributed by atoms with Gasteiger partial charge in [0.15, 0.2) is 0 Å². The first kappa shape index (κ1) is 16.3. The van der Waals surface area contributed by atoms with Gasteiger partial charge in [-0.2, -0.15) is 0 Å². The highest BCUT2D eigenvalue weighted by Gasteiger charge is 2.25. The molecule has 3 rings (SSSR count). The zero-order chi connectivity index (χ0) is 16.8. The Morgan fingerprint density at radius 1 is 1.17 bits per heavy atom. The van der Waals surface area contributed by atoms with Crippen LogP contribution >= 0.6 is 0 Å². The average Bonchev–Trinajstić information content (AvgIpc) is 2.63. The molecule has 2 atom stereocenters. The molecule has 5 nitrogen and oxygen atoms in total. The van der Waals surface area contributed by atoms with E-state index in [1.165, 1.54) is 0 Å². The summed E-state index contributed by atoms with van der Waals surface area (Å²) in [6.07, 6.45) is 1.62. The monoisotopic (exact) mass is 326 g/mol. The number of anilines is 1. The van der Waals surface area contributed by atoms with Gasteiger partial charge in [0.2, 0.25) is 0 Å². The Labute approximate surface area is 142 Å². The van der Waals surface area contributed by atoms with Gasteiger partial charge in [0, 0.05) is 24.4 Å². The van der Waals surface area contributed by atoms with E-state index in [1.54, 1.807) is 13.2 Å². The maximum atomic E-state index is 12.2. The van der Waals surface area contributed by atoms with Crippen molar-refractivity contribution in [2.45, 2.75) is 25.0 Å². The van der Waals surface area contributed by atoms with Crippen molar-refractivity contribution in [3.05, 3.63) is 60.2 Å². The molecule has 2 aromatic rings. The lowest BCUT2D eigenvalue weighted by Gasteiger charge is -2.30. The Bertz CT molecular complexity index is 675. The summed E-state index contributed by atoms with van der Waals surface area (Å²) in [5.74, 6) is 0.711. The van der Waals surface area contributed by atoms with E-state index < -0.39 is 0 Å².